The van der Waals surface area contributed by atoms with Gasteiger partial charge in [-0.1, -0.05) is 0 Å². The molecule has 0 bridgehead atoms. The lowest BCUT2D eigenvalue weighted by Gasteiger charge is -2.08. The molecule has 2 aromatic rings. The van der Waals surface area contributed by atoms with Crippen LogP contribution in [-0.4, -0.2) is 17.5 Å². The Morgan fingerprint density at radius 3 is 2.88 bits per heavy atom. The number of amides is 1. The molecule has 0 unspecified atom stereocenters. The summed E-state index contributed by atoms with van der Waals surface area (Å²) in [6, 6.07) is 5.29. The van der Waals surface area contributed by atoms with Crippen molar-refractivity contribution in [1.29, 1.82) is 0 Å². The van der Waals surface area contributed by atoms with Crippen LogP contribution in [0.25, 0.3) is 11.3 Å². The number of nitrogen functional groups attached to an aromatic ring is 1. The number of rotatable bonds is 4. The number of benzene rings is 1. The van der Waals surface area contributed by atoms with Gasteiger partial charge in [-0.3, -0.25) is 4.79 Å². The fourth-order valence-electron chi connectivity index (χ4n) is 1.34. The molecule has 0 saturated heterocycles. The van der Waals surface area contributed by atoms with Gasteiger partial charge in [0.2, 0.25) is 0 Å². The van der Waals surface area contributed by atoms with Gasteiger partial charge in [0.15, 0.2) is 6.61 Å². The van der Waals surface area contributed by atoms with Gasteiger partial charge in [-0.25, -0.2) is 4.98 Å². The Bertz CT molecular complexity index is 526. The van der Waals surface area contributed by atoms with E-state index < -0.39 is 5.91 Å². The number of primary amides is 1. The molecule has 0 aliphatic rings. The maximum atomic E-state index is 10.6. The zero-order valence-electron chi connectivity index (χ0n) is 8.92. The molecule has 88 valence electrons. The van der Waals surface area contributed by atoms with Crippen LogP contribution < -0.4 is 16.2 Å². The Hall–Kier alpha value is -2.08. The molecule has 1 heterocycles. The Morgan fingerprint density at radius 1 is 1.47 bits per heavy atom. The average Bonchev–Trinajstić information content (AvgIpc) is 2.80. The van der Waals surface area contributed by atoms with Gasteiger partial charge in [0, 0.05) is 10.9 Å². The maximum Gasteiger partial charge on any atom is 0.255 e. The zero-order chi connectivity index (χ0) is 12.3. The van der Waals surface area contributed by atoms with Crippen LogP contribution in [0.5, 0.6) is 5.75 Å². The molecule has 0 fully saturated rings. The molecule has 1 aromatic heterocycles. The van der Waals surface area contributed by atoms with Crippen LogP contribution in [0.4, 0.5) is 5.69 Å². The topological polar surface area (TPSA) is 91.2 Å². The molecule has 0 atom stereocenters. The summed E-state index contributed by atoms with van der Waals surface area (Å²) in [5.74, 6) is -0.0873. The average molecular weight is 249 g/mol. The smallest absolute Gasteiger partial charge is 0.255 e. The van der Waals surface area contributed by atoms with E-state index in [2.05, 4.69) is 4.98 Å². The molecule has 0 saturated carbocycles. The first-order valence-electron chi connectivity index (χ1n) is 4.86. The van der Waals surface area contributed by atoms with Gasteiger partial charge in [0.1, 0.15) is 5.75 Å². The number of nitrogens with zero attached hydrogens (tertiary/aromatic N) is 1. The predicted octanol–water partition coefficient (Wildman–Crippen LogP) is 1.26. The largest absolute Gasteiger partial charge is 0.482 e. The lowest BCUT2D eigenvalue weighted by molar-refractivity contribution is -0.119. The number of hydrogen-bond acceptors (Lipinski definition) is 5. The van der Waals surface area contributed by atoms with E-state index in [1.165, 1.54) is 11.3 Å². The predicted molar refractivity (Wildman–Crippen MR) is 66.7 cm³/mol. The third-order valence-corrected chi connectivity index (χ3v) is 2.69. The molecule has 1 amide bonds. The molecule has 0 spiro atoms. The van der Waals surface area contributed by atoms with E-state index in [4.69, 9.17) is 16.2 Å². The van der Waals surface area contributed by atoms with Gasteiger partial charge in [-0.15, -0.1) is 11.3 Å². The van der Waals surface area contributed by atoms with E-state index in [9.17, 15) is 4.79 Å². The Kier molecular flexibility index (Phi) is 3.24. The third kappa shape index (κ3) is 2.73. The number of aromatic nitrogens is 1. The summed E-state index contributed by atoms with van der Waals surface area (Å²) < 4.78 is 5.15. The molecule has 2 rings (SSSR count). The van der Waals surface area contributed by atoms with E-state index >= 15 is 0 Å². The van der Waals surface area contributed by atoms with Crippen molar-refractivity contribution >= 4 is 22.9 Å². The molecule has 4 N–H and O–H groups in total. The first kappa shape index (κ1) is 11.4. The number of hydrogen-bond donors (Lipinski definition) is 2. The Morgan fingerprint density at radius 2 is 2.29 bits per heavy atom. The van der Waals surface area contributed by atoms with Crippen molar-refractivity contribution in [2.45, 2.75) is 0 Å². The number of nitrogens with two attached hydrogens (primary N) is 2. The highest BCUT2D eigenvalue weighted by molar-refractivity contribution is 7.07. The highest BCUT2D eigenvalue weighted by Gasteiger charge is 2.06. The molecule has 6 heteroatoms. The Balaban J connectivity index is 2.20. The summed E-state index contributed by atoms with van der Waals surface area (Å²) in [6.07, 6.45) is 0. The van der Waals surface area contributed by atoms with Crippen LogP contribution in [0, 0.1) is 0 Å². The minimum Gasteiger partial charge on any atom is -0.482 e. The van der Waals surface area contributed by atoms with E-state index in [0.29, 0.717) is 11.4 Å². The van der Waals surface area contributed by atoms with Crippen LogP contribution >= 0.6 is 11.3 Å². The number of carbonyl (C=O) groups excluding carboxylic acids is 1. The summed E-state index contributed by atoms with van der Waals surface area (Å²) in [5, 5.41) is 1.93. The molecule has 17 heavy (non-hydrogen) atoms. The summed E-state index contributed by atoms with van der Waals surface area (Å²) >= 11 is 1.51. The van der Waals surface area contributed by atoms with Gasteiger partial charge in [-0.2, -0.15) is 0 Å². The van der Waals surface area contributed by atoms with E-state index in [0.717, 1.165) is 11.3 Å². The van der Waals surface area contributed by atoms with Crippen molar-refractivity contribution in [2.24, 2.45) is 5.73 Å². The first-order valence-corrected chi connectivity index (χ1v) is 5.80. The van der Waals surface area contributed by atoms with Crippen molar-refractivity contribution in [1.82, 2.24) is 4.98 Å². The van der Waals surface area contributed by atoms with Gasteiger partial charge in [-0.05, 0) is 18.2 Å². The lowest BCUT2D eigenvalue weighted by atomic mass is 10.1. The highest BCUT2D eigenvalue weighted by Crippen LogP contribution is 2.28. The number of carbonyl (C=O) groups is 1. The second-order valence-corrected chi connectivity index (χ2v) is 4.10. The number of thiazole rings is 1. The number of anilines is 1. The van der Waals surface area contributed by atoms with Gasteiger partial charge in [0.25, 0.3) is 5.91 Å². The van der Waals surface area contributed by atoms with Crippen molar-refractivity contribution in [3.05, 3.63) is 29.1 Å². The fraction of sp³-hybridized carbons (Fsp3) is 0.0909. The second kappa shape index (κ2) is 4.84. The highest BCUT2D eigenvalue weighted by atomic mass is 32.1. The van der Waals surface area contributed by atoms with Crippen molar-refractivity contribution in [3.63, 3.8) is 0 Å². The monoisotopic (exact) mass is 249 g/mol. The van der Waals surface area contributed by atoms with E-state index in [-0.39, 0.29) is 6.61 Å². The standard InChI is InChI=1S/C11H11N3O2S/c12-8-3-7(9-5-17-6-14-9)1-2-10(8)16-4-11(13)15/h1-3,5-6H,4,12H2,(H2,13,15). The van der Waals surface area contributed by atoms with Crippen molar-refractivity contribution in [2.75, 3.05) is 12.3 Å². The van der Waals surface area contributed by atoms with Crippen LogP contribution in [0.3, 0.4) is 0 Å². The Labute approximate surface area is 102 Å². The minimum absolute atomic E-state index is 0.180. The van der Waals surface area contributed by atoms with Gasteiger partial charge in [0.05, 0.1) is 16.9 Å². The lowest BCUT2D eigenvalue weighted by Crippen LogP contribution is -2.20. The summed E-state index contributed by atoms with van der Waals surface area (Å²) in [7, 11) is 0. The van der Waals surface area contributed by atoms with Crippen LogP contribution in [0.15, 0.2) is 29.1 Å². The zero-order valence-corrected chi connectivity index (χ0v) is 9.74. The fourth-order valence-corrected chi connectivity index (χ4v) is 1.90. The quantitative estimate of drug-likeness (QED) is 0.798. The van der Waals surface area contributed by atoms with Crippen molar-refractivity contribution < 1.29 is 9.53 Å². The molecular weight excluding hydrogens is 238 g/mol. The number of ether oxygens (including phenoxy) is 1. The van der Waals surface area contributed by atoms with Crippen LogP contribution in [-0.2, 0) is 4.79 Å². The normalized spacial score (nSPS) is 10.1. The molecule has 0 radical (unpaired) electrons. The van der Waals surface area contributed by atoms with Crippen LogP contribution in [0.1, 0.15) is 0 Å². The maximum absolute atomic E-state index is 10.6. The van der Waals surface area contributed by atoms with Crippen molar-refractivity contribution in [3.8, 4) is 17.0 Å². The summed E-state index contributed by atoms with van der Waals surface area (Å²) in [5.41, 5.74) is 14.8. The third-order valence-electron chi connectivity index (χ3n) is 2.11. The first-order chi connectivity index (χ1) is 8.16. The molecule has 1 aromatic carbocycles. The molecule has 0 aliphatic carbocycles. The summed E-state index contributed by atoms with van der Waals surface area (Å²) in [4.78, 5) is 14.8. The summed E-state index contributed by atoms with van der Waals surface area (Å²) in [6.45, 7) is -0.180. The van der Waals surface area contributed by atoms with Gasteiger partial charge >= 0.3 is 0 Å². The minimum atomic E-state index is -0.534. The second-order valence-electron chi connectivity index (χ2n) is 3.38. The molecule has 5 nitrogen and oxygen atoms in total. The van der Waals surface area contributed by atoms with E-state index in [1.807, 2.05) is 11.4 Å². The molecule has 0 aliphatic heterocycles. The van der Waals surface area contributed by atoms with Gasteiger partial charge < -0.3 is 16.2 Å². The van der Waals surface area contributed by atoms with Crippen LogP contribution in [0.2, 0.25) is 0 Å². The van der Waals surface area contributed by atoms with E-state index in [1.54, 1.807) is 17.6 Å². The molecular formula is C11H11N3O2S. The SMILES string of the molecule is NC(=O)COc1ccc(-c2cscn2)cc1N.